The van der Waals surface area contributed by atoms with E-state index >= 15 is 0 Å². The molecule has 0 aromatic carbocycles. The number of nitrogens with two attached hydrogens (primary N) is 1. The Hall–Kier alpha value is -2.03. The third kappa shape index (κ3) is 28.1. The van der Waals surface area contributed by atoms with Crippen LogP contribution in [-0.4, -0.2) is 49.3 Å². The molecule has 0 bridgehead atoms. The van der Waals surface area contributed by atoms with Gasteiger partial charge in [-0.3, -0.25) is 18.6 Å². The molecule has 0 fully saturated rings. The van der Waals surface area contributed by atoms with Crippen molar-refractivity contribution in [3.8, 4) is 0 Å². The van der Waals surface area contributed by atoms with Crippen LogP contribution in [-0.2, 0) is 32.7 Å². The van der Waals surface area contributed by atoms with Gasteiger partial charge in [0, 0.05) is 19.4 Å². The summed E-state index contributed by atoms with van der Waals surface area (Å²) >= 11 is 0. The standard InChI is InChI=1S/C32H56NO8P/c1-3-5-7-9-11-12-13-14-15-16-17-18-19-21-23-25-32(35)41-30(29-40-42(36,37)39-27-26-33)28-38-31(34)24-22-20-10-8-6-4-2/h5,7,11-12,14-15,17-18,30H,3-4,6,8-10,13,16,19-29,33H2,1-2H3,(H,36,37)/b7-5-,12-11-,15-14-,18-17-. The van der Waals surface area contributed by atoms with Crippen LogP contribution in [0.15, 0.2) is 48.6 Å². The van der Waals surface area contributed by atoms with Crippen molar-refractivity contribution in [3.63, 3.8) is 0 Å². The van der Waals surface area contributed by atoms with Crippen LogP contribution < -0.4 is 5.73 Å². The Morgan fingerprint density at radius 1 is 0.738 bits per heavy atom. The normalized spacial score (nSPS) is 14.3. The molecular formula is C32H56NO8P. The second-order valence-electron chi connectivity index (χ2n) is 9.95. The van der Waals surface area contributed by atoms with Gasteiger partial charge in [0.05, 0.1) is 13.2 Å². The quantitative estimate of drug-likeness (QED) is 0.0395. The molecule has 3 N–H and O–H groups in total. The van der Waals surface area contributed by atoms with Gasteiger partial charge in [-0.05, 0) is 51.4 Å². The zero-order valence-electron chi connectivity index (χ0n) is 26.0. The van der Waals surface area contributed by atoms with Gasteiger partial charge in [0.1, 0.15) is 6.61 Å². The van der Waals surface area contributed by atoms with Crippen LogP contribution in [0, 0.1) is 0 Å². The predicted molar refractivity (Wildman–Crippen MR) is 169 cm³/mol. The summed E-state index contributed by atoms with van der Waals surface area (Å²) in [5, 5.41) is 0. The van der Waals surface area contributed by atoms with Crippen LogP contribution in [0.1, 0.15) is 110 Å². The number of unbranched alkanes of at least 4 members (excludes halogenated alkanes) is 7. The number of rotatable bonds is 28. The van der Waals surface area contributed by atoms with Crippen molar-refractivity contribution in [2.24, 2.45) is 5.73 Å². The van der Waals surface area contributed by atoms with E-state index in [0.717, 1.165) is 70.6 Å². The lowest BCUT2D eigenvalue weighted by molar-refractivity contribution is -0.161. The molecular weight excluding hydrogens is 557 g/mol. The molecule has 0 aromatic rings. The second-order valence-corrected chi connectivity index (χ2v) is 11.4. The maximum absolute atomic E-state index is 12.4. The molecule has 0 spiro atoms. The van der Waals surface area contributed by atoms with Crippen LogP contribution >= 0.6 is 7.82 Å². The predicted octanol–water partition coefficient (Wildman–Crippen LogP) is 7.65. The van der Waals surface area contributed by atoms with E-state index in [-0.39, 0.29) is 32.6 Å². The molecule has 0 aliphatic carbocycles. The van der Waals surface area contributed by atoms with Crippen molar-refractivity contribution in [2.45, 2.75) is 116 Å². The summed E-state index contributed by atoms with van der Waals surface area (Å²) < 4.78 is 32.3. The van der Waals surface area contributed by atoms with E-state index in [0.29, 0.717) is 6.42 Å². The highest BCUT2D eigenvalue weighted by Gasteiger charge is 2.25. The fourth-order valence-corrected chi connectivity index (χ4v) is 4.45. The molecule has 0 aromatic heterocycles. The summed E-state index contributed by atoms with van der Waals surface area (Å²) in [4.78, 5) is 34.3. The lowest BCUT2D eigenvalue weighted by atomic mass is 10.1. The van der Waals surface area contributed by atoms with Crippen molar-refractivity contribution in [1.29, 1.82) is 0 Å². The Labute approximate surface area is 254 Å². The molecule has 2 atom stereocenters. The number of carbonyl (C=O) groups excluding carboxylic acids is 2. The Kier molecular flexibility index (Phi) is 27.7. The molecule has 0 amide bonds. The zero-order valence-corrected chi connectivity index (χ0v) is 26.9. The first kappa shape index (κ1) is 40.0. The molecule has 0 aliphatic rings. The van der Waals surface area contributed by atoms with E-state index in [1.165, 1.54) is 6.42 Å². The zero-order chi connectivity index (χ0) is 31.2. The average Bonchev–Trinajstić information content (AvgIpc) is 2.97. The minimum absolute atomic E-state index is 0.0449. The summed E-state index contributed by atoms with van der Waals surface area (Å²) in [6.45, 7) is 3.45. The molecule has 0 aliphatic heterocycles. The SMILES string of the molecule is CC/C=C\C/C=C\C/C=C\C/C=C\CCCCC(=O)OC(COC(=O)CCCCCCCC)COP(=O)(O)OCCN. The van der Waals surface area contributed by atoms with Gasteiger partial charge in [-0.1, -0.05) is 94.6 Å². The molecule has 2 unspecified atom stereocenters. The van der Waals surface area contributed by atoms with E-state index in [9.17, 15) is 19.0 Å². The molecule has 0 saturated carbocycles. The summed E-state index contributed by atoms with van der Waals surface area (Å²) in [7, 11) is -4.37. The minimum atomic E-state index is -4.37. The molecule has 9 nitrogen and oxygen atoms in total. The van der Waals surface area contributed by atoms with E-state index in [1.807, 2.05) is 0 Å². The van der Waals surface area contributed by atoms with Gasteiger partial charge in [0.15, 0.2) is 6.10 Å². The Morgan fingerprint density at radius 2 is 1.31 bits per heavy atom. The Balaban J connectivity index is 4.39. The smallest absolute Gasteiger partial charge is 0.462 e. The molecule has 0 heterocycles. The summed E-state index contributed by atoms with van der Waals surface area (Å²) in [6, 6.07) is 0. The van der Waals surface area contributed by atoms with Gasteiger partial charge in [-0.15, -0.1) is 0 Å². The number of esters is 2. The number of hydrogen-bond acceptors (Lipinski definition) is 8. The molecule has 0 radical (unpaired) electrons. The summed E-state index contributed by atoms with van der Waals surface area (Å²) in [5.41, 5.74) is 5.29. The summed E-state index contributed by atoms with van der Waals surface area (Å²) in [6.07, 6.45) is 28.9. The third-order valence-corrected chi connectivity index (χ3v) is 6.96. The molecule has 242 valence electrons. The third-order valence-electron chi connectivity index (χ3n) is 5.98. The second kappa shape index (κ2) is 29.1. The van der Waals surface area contributed by atoms with Crippen LogP contribution in [0.3, 0.4) is 0 Å². The van der Waals surface area contributed by atoms with Gasteiger partial charge in [-0.2, -0.15) is 0 Å². The van der Waals surface area contributed by atoms with Crippen molar-refractivity contribution >= 4 is 19.8 Å². The fourth-order valence-electron chi connectivity index (χ4n) is 3.68. The van der Waals surface area contributed by atoms with Crippen LogP contribution in [0.25, 0.3) is 0 Å². The van der Waals surface area contributed by atoms with Gasteiger partial charge >= 0.3 is 19.8 Å². The van der Waals surface area contributed by atoms with E-state index in [4.69, 9.17) is 24.3 Å². The monoisotopic (exact) mass is 613 g/mol. The van der Waals surface area contributed by atoms with Gasteiger partial charge < -0.3 is 20.1 Å². The maximum atomic E-state index is 12.4. The first-order valence-electron chi connectivity index (χ1n) is 15.6. The lowest BCUT2D eigenvalue weighted by Gasteiger charge is -2.19. The van der Waals surface area contributed by atoms with Crippen molar-refractivity contribution in [3.05, 3.63) is 48.6 Å². The highest BCUT2D eigenvalue weighted by atomic mass is 31.2. The van der Waals surface area contributed by atoms with Gasteiger partial charge in [0.25, 0.3) is 0 Å². The van der Waals surface area contributed by atoms with Crippen molar-refractivity contribution < 1.29 is 37.6 Å². The lowest BCUT2D eigenvalue weighted by Crippen LogP contribution is -2.29. The number of carbonyl (C=O) groups is 2. The fraction of sp³-hybridized carbons (Fsp3) is 0.688. The maximum Gasteiger partial charge on any atom is 0.472 e. The van der Waals surface area contributed by atoms with Crippen molar-refractivity contribution in [1.82, 2.24) is 0 Å². The van der Waals surface area contributed by atoms with Gasteiger partial charge in [0.2, 0.25) is 0 Å². The van der Waals surface area contributed by atoms with Crippen LogP contribution in [0.4, 0.5) is 0 Å². The van der Waals surface area contributed by atoms with Crippen molar-refractivity contribution in [2.75, 3.05) is 26.4 Å². The first-order chi connectivity index (χ1) is 20.3. The molecule has 0 saturated heterocycles. The Bertz CT molecular complexity index is 840. The molecule has 42 heavy (non-hydrogen) atoms. The topological polar surface area (TPSA) is 134 Å². The number of phosphoric acid groups is 1. The highest BCUT2D eigenvalue weighted by molar-refractivity contribution is 7.47. The average molecular weight is 614 g/mol. The highest BCUT2D eigenvalue weighted by Crippen LogP contribution is 2.43. The number of phosphoric ester groups is 1. The van der Waals surface area contributed by atoms with Gasteiger partial charge in [-0.25, -0.2) is 4.57 Å². The minimum Gasteiger partial charge on any atom is -0.462 e. The Morgan fingerprint density at radius 3 is 1.95 bits per heavy atom. The number of hydrogen-bond donors (Lipinski definition) is 2. The molecule has 0 rings (SSSR count). The first-order valence-corrected chi connectivity index (χ1v) is 17.1. The summed E-state index contributed by atoms with van der Waals surface area (Å²) in [5.74, 6) is -0.896. The molecule has 10 heteroatoms. The number of ether oxygens (including phenoxy) is 2. The van der Waals surface area contributed by atoms with E-state index in [1.54, 1.807) is 0 Å². The van der Waals surface area contributed by atoms with E-state index in [2.05, 4.69) is 62.5 Å². The largest absolute Gasteiger partial charge is 0.472 e. The van der Waals surface area contributed by atoms with Crippen LogP contribution in [0.2, 0.25) is 0 Å². The van der Waals surface area contributed by atoms with E-state index < -0.39 is 32.5 Å². The number of allylic oxidation sites excluding steroid dienone is 8. The van der Waals surface area contributed by atoms with Crippen LogP contribution in [0.5, 0.6) is 0 Å².